The topological polar surface area (TPSA) is 38.3 Å². The first kappa shape index (κ1) is 10.5. The second-order valence-electron chi connectivity index (χ2n) is 4.15. The van der Waals surface area contributed by atoms with Gasteiger partial charge in [0.05, 0.1) is 5.54 Å². The highest BCUT2D eigenvalue weighted by atomic mass is 79.9. The van der Waals surface area contributed by atoms with Gasteiger partial charge in [0.2, 0.25) is 0 Å². The van der Waals surface area contributed by atoms with Crippen molar-refractivity contribution >= 4 is 22.0 Å². The molecule has 1 saturated heterocycles. The minimum absolute atomic E-state index is 0.249. The molecule has 1 fully saturated rings. The number of benzene rings is 1. The summed E-state index contributed by atoms with van der Waals surface area (Å²) < 4.78 is 6.22. The average molecular weight is 270 g/mol. The maximum atomic E-state index is 11.2. The summed E-state index contributed by atoms with van der Waals surface area (Å²) in [6, 6.07) is 7.77. The summed E-state index contributed by atoms with van der Waals surface area (Å²) in [4.78, 5) is 11.2. The highest BCUT2D eigenvalue weighted by Gasteiger charge is 2.42. The fraction of sp³-hybridized carbons (Fsp3) is 0.364. The molecule has 1 aliphatic rings. The average Bonchev–Trinajstić information content (AvgIpc) is 2.40. The monoisotopic (exact) mass is 269 g/mol. The molecule has 15 heavy (non-hydrogen) atoms. The van der Waals surface area contributed by atoms with Crippen LogP contribution in [0, 0.1) is 0 Å². The fourth-order valence-electron chi connectivity index (χ4n) is 1.75. The van der Waals surface area contributed by atoms with E-state index in [9.17, 15) is 4.79 Å². The van der Waals surface area contributed by atoms with E-state index in [4.69, 9.17) is 4.74 Å². The molecule has 4 heteroatoms. The van der Waals surface area contributed by atoms with Gasteiger partial charge in [0.25, 0.3) is 0 Å². The number of amides is 1. The quantitative estimate of drug-likeness (QED) is 0.851. The number of cyclic esters (lactones) is 1. The van der Waals surface area contributed by atoms with Crippen molar-refractivity contribution in [2.24, 2.45) is 0 Å². The molecule has 1 heterocycles. The molecule has 1 atom stereocenters. The smallest absolute Gasteiger partial charge is 0.408 e. The van der Waals surface area contributed by atoms with Gasteiger partial charge in [0.1, 0.15) is 0 Å². The van der Waals surface area contributed by atoms with Gasteiger partial charge < -0.3 is 10.1 Å². The lowest BCUT2D eigenvalue weighted by Gasteiger charge is -2.24. The van der Waals surface area contributed by atoms with Crippen LogP contribution < -0.4 is 5.32 Å². The van der Waals surface area contributed by atoms with Crippen LogP contribution in [0.3, 0.4) is 0 Å². The van der Waals surface area contributed by atoms with Gasteiger partial charge in [0, 0.05) is 10.0 Å². The van der Waals surface area contributed by atoms with Gasteiger partial charge >= 0.3 is 6.09 Å². The molecule has 1 aromatic rings. The lowest BCUT2D eigenvalue weighted by atomic mass is 9.92. The molecule has 1 aromatic carbocycles. The van der Waals surface area contributed by atoms with Crippen molar-refractivity contribution in [3.8, 4) is 0 Å². The van der Waals surface area contributed by atoms with Crippen LogP contribution in [0.15, 0.2) is 28.7 Å². The zero-order valence-electron chi connectivity index (χ0n) is 8.58. The third-order valence-electron chi connectivity index (χ3n) is 2.49. The summed E-state index contributed by atoms with van der Waals surface area (Å²) in [5.74, 6) is 0. The predicted molar refractivity (Wildman–Crippen MR) is 60.6 cm³/mol. The molecular weight excluding hydrogens is 258 g/mol. The molecule has 0 bridgehead atoms. The van der Waals surface area contributed by atoms with Gasteiger partial charge in [-0.25, -0.2) is 4.79 Å². The van der Waals surface area contributed by atoms with Crippen LogP contribution in [-0.2, 0) is 4.74 Å². The Bertz CT molecular complexity index is 403. The van der Waals surface area contributed by atoms with Crippen molar-refractivity contribution < 1.29 is 9.53 Å². The number of halogens is 1. The molecule has 0 radical (unpaired) electrons. The number of hydrogen-bond donors (Lipinski definition) is 1. The lowest BCUT2D eigenvalue weighted by molar-refractivity contribution is 0.117. The summed E-state index contributed by atoms with van der Waals surface area (Å²) in [5.41, 5.74) is 0.613. The number of alkyl carbamates (subject to hydrolysis) is 1. The van der Waals surface area contributed by atoms with Crippen molar-refractivity contribution in [2.45, 2.75) is 25.5 Å². The normalized spacial score (nSPS) is 23.4. The molecular formula is C11H12BrNO2. The standard InChI is InChI=1S/C11H12BrNO2/c1-11(2)9(15-10(14)13-11)7-5-3-4-6-8(7)12/h3-6,9H,1-2H3,(H,13,14)/t9-/m0/s1. The van der Waals surface area contributed by atoms with E-state index in [1.165, 1.54) is 0 Å². The van der Waals surface area contributed by atoms with E-state index in [0.29, 0.717) is 0 Å². The van der Waals surface area contributed by atoms with E-state index in [-0.39, 0.29) is 17.7 Å². The second-order valence-corrected chi connectivity index (χ2v) is 5.01. The molecule has 3 nitrogen and oxygen atoms in total. The van der Waals surface area contributed by atoms with Crippen LogP contribution >= 0.6 is 15.9 Å². The number of hydrogen-bond acceptors (Lipinski definition) is 2. The van der Waals surface area contributed by atoms with Crippen LogP contribution in [0.5, 0.6) is 0 Å². The SMILES string of the molecule is CC1(C)NC(=O)O[C@H]1c1ccccc1Br. The Kier molecular flexibility index (Phi) is 2.46. The Morgan fingerprint density at radius 2 is 2.07 bits per heavy atom. The molecule has 1 amide bonds. The summed E-state index contributed by atoms with van der Waals surface area (Å²) in [5, 5.41) is 2.79. The van der Waals surface area contributed by atoms with Crippen molar-refractivity contribution in [3.05, 3.63) is 34.3 Å². The molecule has 0 saturated carbocycles. The van der Waals surface area contributed by atoms with Crippen LogP contribution in [-0.4, -0.2) is 11.6 Å². The maximum Gasteiger partial charge on any atom is 0.408 e. The number of carbonyl (C=O) groups excluding carboxylic acids is 1. The zero-order chi connectivity index (χ0) is 11.1. The fourth-order valence-corrected chi connectivity index (χ4v) is 2.25. The Labute approximate surface area is 96.9 Å². The maximum absolute atomic E-state index is 11.2. The Balaban J connectivity index is 2.40. The minimum Gasteiger partial charge on any atom is -0.439 e. The molecule has 0 spiro atoms. The summed E-state index contributed by atoms with van der Waals surface area (Å²) >= 11 is 3.46. The Morgan fingerprint density at radius 1 is 1.40 bits per heavy atom. The van der Waals surface area contributed by atoms with Crippen molar-refractivity contribution in [3.63, 3.8) is 0 Å². The first-order chi connectivity index (χ1) is 7.00. The molecule has 1 N–H and O–H groups in total. The summed E-state index contributed by atoms with van der Waals surface area (Å²) in [6.45, 7) is 3.89. The van der Waals surface area contributed by atoms with Gasteiger partial charge in [-0.15, -0.1) is 0 Å². The molecule has 0 aliphatic carbocycles. The minimum atomic E-state index is -0.374. The summed E-state index contributed by atoms with van der Waals surface area (Å²) in [7, 11) is 0. The van der Waals surface area contributed by atoms with Crippen LogP contribution in [0.2, 0.25) is 0 Å². The van der Waals surface area contributed by atoms with Gasteiger partial charge in [0.15, 0.2) is 6.10 Å². The largest absolute Gasteiger partial charge is 0.439 e. The molecule has 1 aliphatic heterocycles. The van der Waals surface area contributed by atoms with E-state index < -0.39 is 0 Å². The van der Waals surface area contributed by atoms with Crippen LogP contribution in [0.25, 0.3) is 0 Å². The predicted octanol–water partition coefficient (Wildman–Crippen LogP) is 3.01. The summed E-state index contributed by atoms with van der Waals surface area (Å²) in [6.07, 6.45) is -0.610. The molecule has 0 unspecified atom stereocenters. The van der Waals surface area contributed by atoms with Crippen molar-refractivity contribution in [1.82, 2.24) is 5.32 Å². The first-order valence-corrected chi connectivity index (χ1v) is 5.53. The molecule has 80 valence electrons. The number of rotatable bonds is 1. The third-order valence-corrected chi connectivity index (χ3v) is 3.21. The third kappa shape index (κ3) is 1.86. The highest BCUT2D eigenvalue weighted by molar-refractivity contribution is 9.10. The Hall–Kier alpha value is -1.03. The number of nitrogens with one attached hydrogen (secondary N) is 1. The number of ether oxygens (including phenoxy) is 1. The molecule has 0 aromatic heterocycles. The van der Waals surface area contributed by atoms with E-state index in [0.717, 1.165) is 10.0 Å². The highest BCUT2D eigenvalue weighted by Crippen LogP contribution is 2.37. The zero-order valence-corrected chi connectivity index (χ0v) is 10.2. The lowest BCUT2D eigenvalue weighted by Crippen LogP contribution is -2.38. The van der Waals surface area contributed by atoms with E-state index >= 15 is 0 Å². The van der Waals surface area contributed by atoms with Crippen molar-refractivity contribution in [2.75, 3.05) is 0 Å². The van der Waals surface area contributed by atoms with Crippen LogP contribution in [0.4, 0.5) is 4.79 Å². The van der Waals surface area contributed by atoms with Gasteiger partial charge in [-0.05, 0) is 19.9 Å². The Morgan fingerprint density at radius 3 is 2.60 bits per heavy atom. The van der Waals surface area contributed by atoms with Gasteiger partial charge in [-0.3, -0.25) is 0 Å². The van der Waals surface area contributed by atoms with Gasteiger partial charge in [-0.1, -0.05) is 34.1 Å². The second kappa shape index (κ2) is 3.52. The van der Waals surface area contributed by atoms with Crippen LogP contribution in [0.1, 0.15) is 25.5 Å². The van der Waals surface area contributed by atoms with E-state index in [1.54, 1.807) is 0 Å². The van der Waals surface area contributed by atoms with E-state index in [2.05, 4.69) is 21.2 Å². The first-order valence-electron chi connectivity index (χ1n) is 4.74. The van der Waals surface area contributed by atoms with E-state index in [1.807, 2.05) is 38.1 Å². The number of carbonyl (C=O) groups is 1. The molecule has 2 rings (SSSR count). The van der Waals surface area contributed by atoms with Crippen molar-refractivity contribution in [1.29, 1.82) is 0 Å². The van der Waals surface area contributed by atoms with Gasteiger partial charge in [-0.2, -0.15) is 0 Å².